The zero-order valence-electron chi connectivity index (χ0n) is 24.0. The summed E-state index contributed by atoms with van der Waals surface area (Å²) >= 11 is 0. The van der Waals surface area contributed by atoms with Gasteiger partial charge < -0.3 is 9.80 Å². The highest BCUT2D eigenvalue weighted by Crippen LogP contribution is 2.41. The highest BCUT2D eigenvalue weighted by molar-refractivity contribution is 6.08. The van der Waals surface area contributed by atoms with Crippen LogP contribution >= 0.6 is 0 Å². The van der Waals surface area contributed by atoms with Crippen molar-refractivity contribution in [3.8, 4) is 11.1 Å². The van der Waals surface area contributed by atoms with Gasteiger partial charge in [0.25, 0.3) is 5.91 Å². The number of benzene rings is 4. The molecule has 0 radical (unpaired) electrons. The van der Waals surface area contributed by atoms with Gasteiger partial charge in [-0.15, -0.1) is 0 Å². The number of likely N-dealkylation sites (tertiary alicyclic amines) is 1. The number of nitrogens with zero attached hydrogens (tertiary/aromatic N) is 3. The lowest BCUT2D eigenvalue weighted by molar-refractivity contribution is 0.0980. The Morgan fingerprint density at radius 1 is 0.690 bits per heavy atom. The van der Waals surface area contributed by atoms with Crippen molar-refractivity contribution < 1.29 is 4.79 Å². The average Bonchev–Trinajstić information content (AvgIpc) is 3.08. The lowest BCUT2D eigenvalue weighted by atomic mass is 9.68. The van der Waals surface area contributed by atoms with Crippen LogP contribution in [0.25, 0.3) is 11.1 Å². The third-order valence-corrected chi connectivity index (χ3v) is 8.63. The molecule has 42 heavy (non-hydrogen) atoms. The van der Waals surface area contributed by atoms with Crippen LogP contribution in [-0.2, 0) is 5.41 Å². The minimum atomic E-state index is -0.0635. The molecule has 1 fully saturated rings. The fraction of sp³-hybridized carbons (Fsp3) is 0.211. The average molecular weight is 552 g/mol. The van der Waals surface area contributed by atoms with Crippen LogP contribution < -0.4 is 4.90 Å². The first-order valence-corrected chi connectivity index (χ1v) is 15.0. The van der Waals surface area contributed by atoms with Crippen LogP contribution in [0.4, 0.5) is 5.69 Å². The summed E-state index contributed by atoms with van der Waals surface area (Å²) < 4.78 is 0. The molecule has 0 aliphatic carbocycles. The number of hydrogen-bond donors (Lipinski definition) is 0. The van der Waals surface area contributed by atoms with Gasteiger partial charge in [-0.2, -0.15) is 0 Å². The van der Waals surface area contributed by atoms with E-state index >= 15 is 0 Å². The third kappa shape index (κ3) is 5.90. The van der Waals surface area contributed by atoms with E-state index in [0.29, 0.717) is 12.2 Å². The Morgan fingerprint density at radius 3 is 1.83 bits per heavy atom. The molecule has 0 unspecified atom stereocenters. The highest BCUT2D eigenvalue weighted by Gasteiger charge is 2.37. The largest absolute Gasteiger partial charge is 0.307 e. The van der Waals surface area contributed by atoms with E-state index in [4.69, 9.17) is 0 Å². The van der Waals surface area contributed by atoms with Gasteiger partial charge in [-0.05, 0) is 73.8 Å². The Balaban J connectivity index is 1.17. The summed E-state index contributed by atoms with van der Waals surface area (Å²) in [6.07, 6.45) is 4.76. The number of carbonyl (C=O) groups excluding carboxylic acids is 1. The van der Waals surface area contributed by atoms with Gasteiger partial charge in [0.15, 0.2) is 0 Å². The number of amides is 1. The van der Waals surface area contributed by atoms with E-state index in [2.05, 4.69) is 70.5 Å². The van der Waals surface area contributed by atoms with Gasteiger partial charge in [-0.3, -0.25) is 9.78 Å². The fourth-order valence-corrected chi connectivity index (χ4v) is 6.38. The second-order valence-electron chi connectivity index (χ2n) is 11.1. The Bertz CT molecular complexity index is 1520. The molecule has 0 spiro atoms. The maximum absolute atomic E-state index is 14.1. The number of pyridine rings is 1. The molecule has 4 aromatic carbocycles. The molecule has 4 nitrogen and oxygen atoms in total. The minimum absolute atomic E-state index is 0.0396. The van der Waals surface area contributed by atoms with Crippen LogP contribution in [0.1, 0.15) is 40.9 Å². The van der Waals surface area contributed by atoms with Gasteiger partial charge in [0.1, 0.15) is 5.69 Å². The summed E-state index contributed by atoms with van der Waals surface area (Å²) in [6.45, 7) is 3.64. The van der Waals surface area contributed by atoms with Crippen molar-refractivity contribution in [3.05, 3.63) is 156 Å². The first-order chi connectivity index (χ1) is 20.7. The minimum Gasteiger partial charge on any atom is -0.307 e. The number of piperidine rings is 1. The number of carbonyl (C=O) groups is 1. The van der Waals surface area contributed by atoms with Gasteiger partial charge in [0.05, 0.1) is 0 Å². The summed E-state index contributed by atoms with van der Waals surface area (Å²) in [6, 6.07) is 45.9. The van der Waals surface area contributed by atoms with Crippen molar-refractivity contribution in [2.24, 2.45) is 0 Å². The predicted octanol–water partition coefficient (Wildman–Crippen LogP) is 7.87. The maximum atomic E-state index is 14.1. The molecular weight excluding hydrogens is 514 g/mol. The number of aromatic nitrogens is 1. The van der Waals surface area contributed by atoms with E-state index < -0.39 is 0 Å². The first-order valence-electron chi connectivity index (χ1n) is 15.0. The van der Waals surface area contributed by atoms with Crippen LogP contribution in [0.3, 0.4) is 0 Å². The van der Waals surface area contributed by atoms with Crippen molar-refractivity contribution in [3.63, 3.8) is 0 Å². The second-order valence-corrected chi connectivity index (χ2v) is 11.1. The van der Waals surface area contributed by atoms with Crippen molar-refractivity contribution in [2.45, 2.75) is 24.7 Å². The van der Waals surface area contributed by atoms with E-state index in [0.717, 1.165) is 55.7 Å². The van der Waals surface area contributed by atoms with Crippen molar-refractivity contribution in [1.82, 2.24) is 9.88 Å². The van der Waals surface area contributed by atoms with E-state index in [1.54, 1.807) is 6.20 Å². The lowest BCUT2D eigenvalue weighted by Crippen LogP contribution is -2.44. The highest BCUT2D eigenvalue weighted by atomic mass is 16.2. The quantitative estimate of drug-likeness (QED) is 0.187. The summed E-state index contributed by atoms with van der Waals surface area (Å²) in [5.41, 5.74) is 6.09. The molecule has 1 saturated heterocycles. The topological polar surface area (TPSA) is 36.4 Å². The zero-order valence-corrected chi connectivity index (χ0v) is 24.0. The monoisotopic (exact) mass is 551 g/mol. The van der Waals surface area contributed by atoms with Gasteiger partial charge >= 0.3 is 0 Å². The molecule has 0 saturated carbocycles. The van der Waals surface area contributed by atoms with Crippen LogP contribution in [-0.4, -0.2) is 42.0 Å². The van der Waals surface area contributed by atoms with E-state index in [9.17, 15) is 4.79 Å². The van der Waals surface area contributed by atoms with Crippen LogP contribution in [0.15, 0.2) is 140 Å². The molecule has 2 heterocycles. The first kappa shape index (κ1) is 27.6. The normalized spacial score (nSPS) is 14.8. The number of anilines is 1. The number of rotatable bonds is 9. The molecule has 1 aromatic heterocycles. The van der Waals surface area contributed by atoms with Crippen LogP contribution in [0, 0.1) is 0 Å². The van der Waals surface area contributed by atoms with Crippen molar-refractivity contribution in [1.29, 1.82) is 0 Å². The molecule has 1 aliphatic heterocycles. The summed E-state index contributed by atoms with van der Waals surface area (Å²) in [7, 11) is 0. The number of para-hydroxylation sites is 1. The van der Waals surface area contributed by atoms with Crippen LogP contribution in [0.2, 0.25) is 0 Å². The lowest BCUT2D eigenvalue weighted by Gasteiger charge is -2.43. The SMILES string of the molecule is O=C(c1ncccc1-c1ccccc1)N(CCCN1CCC(c2ccccc2)(c2ccccc2)CC1)c1ccccc1. The third-order valence-electron chi connectivity index (χ3n) is 8.63. The fourth-order valence-electron chi connectivity index (χ4n) is 6.38. The molecule has 0 bridgehead atoms. The van der Waals surface area contributed by atoms with Gasteiger partial charge in [-0.25, -0.2) is 0 Å². The molecule has 1 aliphatic rings. The molecule has 6 rings (SSSR count). The van der Waals surface area contributed by atoms with E-state index in [1.807, 2.05) is 77.7 Å². The molecule has 0 N–H and O–H groups in total. The summed E-state index contributed by atoms with van der Waals surface area (Å²) in [5.74, 6) is -0.0635. The molecular formula is C38H37N3O. The molecule has 210 valence electrons. The van der Waals surface area contributed by atoms with Gasteiger partial charge in [-0.1, -0.05) is 115 Å². The number of hydrogen-bond acceptors (Lipinski definition) is 3. The van der Waals surface area contributed by atoms with E-state index in [-0.39, 0.29) is 11.3 Å². The Morgan fingerprint density at radius 2 is 1.24 bits per heavy atom. The Hall–Kier alpha value is -4.54. The van der Waals surface area contributed by atoms with Crippen LogP contribution in [0.5, 0.6) is 0 Å². The van der Waals surface area contributed by atoms with Gasteiger partial charge in [0, 0.05) is 29.4 Å². The Kier molecular flexibility index (Phi) is 8.53. The maximum Gasteiger partial charge on any atom is 0.277 e. The smallest absolute Gasteiger partial charge is 0.277 e. The molecule has 5 aromatic rings. The van der Waals surface area contributed by atoms with E-state index in [1.165, 1.54) is 11.1 Å². The standard InChI is InChI=1S/C38H37N3O/c42-37(36-35(23-13-26-39-36)31-15-5-1-6-16-31)41(34-21-11-4-12-22-34)28-14-27-40-29-24-38(25-30-40,32-17-7-2-8-18-32)33-19-9-3-10-20-33/h1-13,15-23,26H,14,24-25,27-30H2. The van der Waals surface area contributed by atoms with Crippen molar-refractivity contribution >= 4 is 11.6 Å². The molecule has 0 atom stereocenters. The summed E-state index contributed by atoms with van der Waals surface area (Å²) in [5, 5.41) is 0. The second kappa shape index (κ2) is 13.0. The molecule has 1 amide bonds. The van der Waals surface area contributed by atoms with Gasteiger partial charge in [0.2, 0.25) is 0 Å². The molecule has 4 heteroatoms. The zero-order chi connectivity index (χ0) is 28.6. The predicted molar refractivity (Wildman–Crippen MR) is 172 cm³/mol. The summed E-state index contributed by atoms with van der Waals surface area (Å²) in [4.78, 5) is 23.1. The van der Waals surface area contributed by atoms with Crippen molar-refractivity contribution in [2.75, 3.05) is 31.1 Å². The Labute approximate surface area is 249 Å².